The minimum Gasteiger partial charge on any atom is -0.441 e. The summed E-state index contributed by atoms with van der Waals surface area (Å²) in [5, 5.41) is 10.8. The van der Waals surface area contributed by atoms with Gasteiger partial charge >= 0.3 is 0 Å². The highest BCUT2D eigenvalue weighted by Crippen LogP contribution is 2.37. The third kappa shape index (κ3) is 3.84. The second kappa shape index (κ2) is 8.95. The second-order valence-electron chi connectivity index (χ2n) is 9.57. The van der Waals surface area contributed by atoms with Crippen LogP contribution < -0.4 is 10.2 Å². The molecule has 4 heterocycles. The third-order valence-corrected chi connectivity index (χ3v) is 7.15. The number of carbonyl (C=O) groups excluding carboxylic acids is 2. The number of fused-ring (bicyclic) bond motifs is 1. The molecule has 0 unspecified atom stereocenters. The maximum absolute atomic E-state index is 13.5. The monoisotopic (exact) mass is 517 g/mol. The van der Waals surface area contributed by atoms with Crippen LogP contribution in [0.3, 0.4) is 0 Å². The number of nitrogens with one attached hydrogen (secondary N) is 2. The molecule has 39 heavy (non-hydrogen) atoms. The summed E-state index contributed by atoms with van der Waals surface area (Å²) < 4.78 is 7.75. The Morgan fingerprint density at radius 1 is 1.08 bits per heavy atom. The molecule has 3 aromatic heterocycles. The lowest BCUT2D eigenvalue weighted by Gasteiger charge is -2.22. The Morgan fingerprint density at radius 2 is 1.90 bits per heavy atom. The maximum Gasteiger partial charge on any atom is 0.291 e. The Bertz CT molecular complexity index is 1870. The van der Waals surface area contributed by atoms with E-state index in [0.717, 1.165) is 38.9 Å². The lowest BCUT2D eigenvalue weighted by molar-refractivity contribution is -0.120. The van der Waals surface area contributed by atoms with Crippen LogP contribution in [0.25, 0.3) is 27.7 Å². The molecule has 0 saturated carbocycles. The van der Waals surface area contributed by atoms with Crippen molar-refractivity contribution < 1.29 is 14.0 Å². The summed E-state index contributed by atoms with van der Waals surface area (Å²) in [5.74, 6) is -0.150. The highest BCUT2D eigenvalue weighted by molar-refractivity contribution is 6.10. The fourth-order valence-electron chi connectivity index (χ4n) is 5.30. The van der Waals surface area contributed by atoms with Gasteiger partial charge < -0.3 is 19.2 Å². The van der Waals surface area contributed by atoms with Gasteiger partial charge in [0.15, 0.2) is 12.0 Å². The number of nitrogens with zero attached hydrogens (tertiary/aromatic N) is 5. The van der Waals surface area contributed by atoms with Crippen LogP contribution in [0.15, 0.2) is 83.7 Å². The van der Waals surface area contributed by atoms with Gasteiger partial charge in [-0.3, -0.25) is 14.7 Å². The van der Waals surface area contributed by atoms with E-state index in [2.05, 4.69) is 30.0 Å². The lowest BCUT2D eigenvalue weighted by atomic mass is 10.1. The van der Waals surface area contributed by atoms with E-state index in [9.17, 15) is 9.59 Å². The van der Waals surface area contributed by atoms with E-state index in [4.69, 9.17) is 4.42 Å². The molecular formula is C29H23N7O3. The van der Waals surface area contributed by atoms with E-state index in [1.165, 1.54) is 6.39 Å². The van der Waals surface area contributed by atoms with Gasteiger partial charge in [-0.15, -0.1) is 5.10 Å². The maximum atomic E-state index is 13.5. The van der Waals surface area contributed by atoms with Crippen molar-refractivity contribution in [2.75, 3.05) is 11.9 Å². The molecule has 0 fully saturated rings. The molecule has 0 spiro atoms. The number of rotatable bonds is 5. The van der Waals surface area contributed by atoms with Crippen LogP contribution >= 0.6 is 0 Å². The summed E-state index contributed by atoms with van der Waals surface area (Å²) in [5.41, 5.74) is 5.96. The number of aromatic amines is 1. The van der Waals surface area contributed by atoms with Gasteiger partial charge in [-0.25, -0.2) is 9.97 Å². The molecule has 2 amide bonds. The summed E-state index contributed by atoms with van der Waals surface area (Å²) >= 11 is 0. The summed E-state index contributed by atoms with van der Waals surface area (Å²) in [6.45, 7) is 0. The molecule has 1 atom stereocenters. The van der Waals surface area contributed by atoms with Crippen molar-refractivity contribution in [3.05, 3.63) is 102 Å². The fourth-order valence-corrected chi connectivity index (χ4v) is 5.30. The van der Waals surface area contributed by atoms with Crippen LogP contribution in [-0.2, 0) is 17.6 Å². The number of amides is 2. The van der Waals surface area contributed by atoms with E-state index in [-0.39, 0.29) is 11.7 Å². The van der Waals surface area contributed by atoms with Gasteiger partial charge in [0, 0.05) is 31.5 Å². The second-order valence-corrected chi connectivity index (χ2v) is 9.57. The summed E-state index contributed by atoms with van der Waals surface area (Å²) in [7, 11) is 1.73. The van der Waals surface area contributed by atoms with E-state index < -0.39 is 11.9 Å². The first kappa shape index (κ1) is 22.9. The zero-order chi connectivity index (χ0) is 26.5. The standard InChI is InChI=1S/C29H23N7O3/c1-35-21-10-6-11-22-25(21)18(15-36(22)23-12-5-9-19-26(23)39-16-30-19)14-20(29(35)38)31-28(37)27-32-24(33-34-27)13-17-7-3-2-4-8-17/h2-12,15-16,20H,13-14H2,1H3,(H,31,37)(H,32,33,34)/t20-/m0/s1. The van der Waals surface area contributed by atoms with Crippen molar-refractivity contribution in [2.45, 2.75) is 18.9 Å². The average Bonchev–Trinajstić information content (AvgIpc) is 3.70. The molecule has 3 aromatic carbocycles. The van der Waals surface area contributed by atoms with E-state index in [0.29, 0.717) is 24.2 Å². The van der Waals surface area contributed by atoms with Crippen LogP contribution in [0.4, 0.5) is 5.69 Å². The SMILES string of the molecule is CN1C(=O)[C@@H](NC(=O)c2n[nH]c(Cc3ccccc3)n2)Cc2cn(-c3cccc4ncoc34)c3cccc1c23. The number of anilines is 1. The number of likely N-dealkylation sites (N-methyl/N-ethyl adjacent to an activating group) is 1. The summed E-state index contributed by atoms with van der Waals surface area (Å²) in [6.07, 6.45) is 4.26. The van der Waals surface area contributed by atoms with E-state index >= 15 is 0 Å². The zero-order valence-electron chi connectivity index (χ0n) is 21.0. The molecule has 1 aliphatic heterocycles. The van der Waals surface area contributed by atoms with Gasteiger partial charge in [0.1, 0.15) is 17.4 Å². The smallest absolute Gasteiger partial charge is 0.291 e. The van der Waals surface area contributed by atoms with Crippen molar-refractivity contribution >= 4 is 39.5 Å². The first-order valence-corrected chi connectivity index (χ1v) is 12.6. The number of hydrogen-bond acceptors (Lipinski definition) is 6. The van der Waals surface area contributed by atoms with E-state index in [1.54, 1.807) is 11.9 Å². The fraction of sp³-hybridized carbons (Fsp3) is 0.138. The predicted octanol–water partition coefficient (Wildman–Crippen LogP) is 3.80. The number of oxazole rings is 1. The zero-order valence-corrected chi connectivity index (χ0v) is 21.0. The molecule has 0 radical (unpaired) electrons. The predicted molar refractivity (Wildman–Crippen MR) is 145 cm³/mol. The molecule has 2 N–H and O–H groups in total. The van der Waals surface area contributed by atoms with Gasteiger partial charge in [0.25, 0.3) is 5.91 Å². The number of carbonyl (C=O) groups is 2. The molecule has 0 bridgehead atoms. The minimum atomic E-state index is -0.800. The molecule has 10 nitrogen and oxygen atoms in total. The first-order chi connectivity index (χ1) is 19.1. The minimum absolute atomic E-state index is 0.00198. The Labute approximate surface area is 222 Å². The van der Waals surface area contributed by atoms with Crippen molar-refractivity contribution in [2.24, 2.45) is 0 Å². The molecule has 0 saturated heterocycles. The van der Waals surface area contributed by atoms with Crippen LogP contribution in [-0.4, -0.2) is 49.6 Å². The van der Waals surface area contributed by atoms with Crippen molar-refractivity contribution in [1.29, 1.82) is 0 Å². The first-order valence-electron chi connectivity index (χ1n) is 12.6. The van der Waals surface area contributed by atoms with Crippen molar-refractivity contribution in [1.82, 2.24) is 30.0 Å². The lowest BCUT2D eigenvalue weighted by Crippen LogP contribution is -2.48. The number of H-pyrrole nitrogens is 1. The number of benzene rings is 3. The van der Waals surface area contributed by atoms with Gasteiger partial charge in [-0.05, 0) is 35.4 Å². The summed E-state index contributed by atoms with van der Waals surface area (Å²) in [4.78, 5) is 36.9. The third-order valence-electron chi connectivity index (χ3n) is 7.15. The Kier molecular flexibility index (Phi) is 5.25. The molecule has 7 rings (SSSR count). The molecule has 1 aliphatic rings. The molecular weight excluding hydrogens is 494 g/mol. The van der Waals surface area contributed by atoms with E-state index in [1.807, 2.05) is 72.9 Å². The quantitative estimate of drug-likeness (QED) is 0.359. The Morgan fingerprint density at radius 3 is 2.77 bits per heavy atom. The topological polar surface area (TPSA) is 122 Å². The largest absolute Gasteiger partial charge is 0.441 e. The number of aromatic nitrogens is 5. The van der Waals surface area contributed by atoms with Crippen LogP contribution in [0, 0.1) is 0 Å². The molecule has 192 valence electrons. The van der Waals surface area contributed by atoms with Gasteiger partial charge in [0.2, 0.25) is 11.7 Å². The van der Waals surface area contributed by atoms with Crippen LogP contribution in [0.1, 0.15) is 27.6 Å². The van der Waals surface area contributed by atoms with Crippen molar-refractivity contribution in [3.8, 4) is 5.69 Å². The van der Waals surface area contributed by atoms with Gasteiger partial charge in [-0.1, -0.05) is 42.5 Å². The highest BCUT2D eigenvalue weighted by atomic mass is 16.3. The van der Waals surface area contributed by atoms with Crippen LogP contribution in [0.2, 0.25) is 0 Å². The molecule has 6 aromatic rings. The normalized spacial score (nSPS) is 15.2. The van der Waals surface area contributed by atoms with Gasteiger partial charge in [-0.2, -0.15) is 0 Å². The van der Waals surface area contributed by atoms with Crippen LogP contribution in [0.5, 0.6) is 0 Å². The number of para-hydroxylation sites is 1. The molecule has 10 heteroatoms. The van der Waals surface area contributed by atoms with Gasteiger partial charge in [0.05, 0.1) is 16.9 Å². The molecule has 0 aliphatic carbocycles. The number of hydrogen-bond donors (Lipinski definition) is 2. The average molecular weight is 518 g/mol. The highest BCUT2D eigenvalue weighted by Gasteiger charge is 2.33. The summed E-state index contributed by atoms with van der Waals surface area (Å²) in [6, 6.07) is 20.6. The Balaban J connectivity index is 1.21. The Hall–Kier alpha value is -5.25. The van der Waals surface area contributed by atoms with Crippen molar-refractivity contribution in [3.63, 3.8) is 0 Å².